The van der Waals surface area contributed by atoms with E-state index in [0.717, 1.165) is 15.7 Å². The van der Waals surface area contributed by atoms with Gasteiger partial charge in [0.2, 0.25) is 0 Å². The smallest absolute Gasteiger partial charge is 0.190 e. The van der Waals surface area contributed by atoms with Crippen LogP contribution in [0.2, 0.25) is 0 Å². The normalized spacial score (nSPS) is 10.5. The van der Waals surface area contributed by atoms with Gasteiger partial charge in [-0.3, -0.25) is 0 Å². The number of benzene rings is 1. The first-order valence-corrected chi connectivity index (χ1v) is 5.36. The van der Waals surface area contributed by atoms with Crippen LogP contribution in [-0.4, -0.2) is 14.8 Å². The third-order valence-electron chi connectivity index (χ3n) is 2.08. The van der Waals surface area contributed by atoms with Crippen LogP contribution < -0.4 is 5.73 Å². The molecule has 0 atom stereocenters. The quantitative estimate of drug-likeness (QED) is 0.785. The number of nitrogens with two attached hydrogens (primary N) is 1. The van der Waals surface area contributed by atoms with Gasteiger partial charge in [0, 0.05) is 17.6 Å². The van der Waals surface area contributed by atoms with Gasteiger partial charge in [0.1, 0.15) is 6.33 Å². The van der Waals surface area contributed by atoms with Crippen LogP contribution in [0.15, 0.2) is 34.6 Å². The van der Waals surface area contributed by atoms with Gasteiger partial charge in [-0.1, -0.05) is 6.07 Å². The van der Waals surface area contributed by atoms with E-state index in [1.165, 1.54) is 5.56 Å². The van der Waals surface area contributed by atoms with Crippen LogP contribution in [0.5, 0.6) is 0 Å². The van der Waals surface area contributed by atoms with Gasteiger partial charge < -0.3 is 5.73 Å². The van der Waals surface area contributed by atoms with Crippen molar-refractivity contribution in [1.29, 1.82) is 0 Å². The Morgan fingerprint density at radius 1 is 1.40 bits per heavy atom. The SMILES string of the molecule is Cc1ccc(N)cc1Sc1ncnn1C. The van der Waals surface area contributed by atoms with E-state index >= 15 is 0 Å². The van der Waals surface area contributed by atoms with Crippen LogP contribution in [0.1, 0.15) is 5.56 Å². The Hall–Kier alpha value is -1.49. The first-order valence-electron chi connectivity index (χ1n) is 4.55. The molecule has 0 aliphatic rings. The molecular formula is C10H12N4S. The molecule has 0 unspecified atom stereocenters. The highest BCUT2D eigenvalue weighted by Crippen LogP contribution is 2.29. The third-order valence-corrected chi connectivity index (χ3v) is 3.30. The molecule has 0 spiro atoms. The molecule has 2 aromatic rings. The molecule has 0 fully saturated rings. The van der Waals surface area contributed by atoms with Crippen molar-refractivity contribution in [3.63, 3.8) is 0 Å². The van der Waals surface area contributed by atoms with Crippen molar-refractivity contribution in [3.05, 3.63) is 30.1 Å². The van der Waals surface area contributed by atoms with E-state index in [-0.39, 0.29) is 0 Å². The molecule has 5 heteroatoms. The average molecular weight is 220 g/mol. The first-order chi connectivity index (χ1) is 7.16. The van der Waals surface area contributed by atoms with Crippen LogP contribution in [0.3, 0.4) is 0 Å². The molecule has 0 aliphatic heterocycles. The lowest BCUT2D eigenvalue weighted by Crippen LogP contribution is -1.93. The summed E-state index contributed by atoms with van der Waals surface area (Å²) in [5.74, 6) is 0. The fourth-order valence-electron chi connectivity index (χ4n) is 1.20. The van der Waals surface area contributed by atoms with E-state index in [0.29, 0.717) is 0 Å². The van der Waals surface area contributed by atoms with Crippen molar-refractivity contribution >= 4 is 17.4 Å². The summed E-state index contributed by atoms with van der Waals surface area (Å²) in [5.41, 5.74) is 7.70. The summed E-state index contributed by atoms with van der Waals surface area (Å²) in [7, 11) is 1.87. The predicted octanol–water partition coefficient (Wildman–Crippen LogP) is 1.86. The number of nitrogens with zero attached hydrogens (tertiary/aromatic N) is 3. The van der Waals surface area contributed by atoms with Gasteiger partial charge in [0.25, 0.3) is 0 Å². The number of hydrogen-bond donors (Lipinski definition) is 1. The summed E-state index contributed by atoms with van der Waals surface area (Å²) in [6.07, 6.45) is 1.55. The minimum atomic E-state index is 0.769. The molecule has 1 heterocycles. The van der Waals surface area contributed by atoms with E-state index in [1.54, 1.807) is 22.8 Å². The summed E-state index contributed by atoms with van der Waals surface area (Å²) in [5, 5.41) is 4.88. The molecule has 4 nitrogen and oxygen atoms in total. The van der Waals surface area contributed by atoms with Crippen molar-refractivity contribution in [1.82, 2.24) is 14.8 Å². The molecular weight excluding hydrogens is 208 g/mol. The molecule has 2 rings (SSSR count). The van der Waals surface area contributed by atoms with Gasteiger partial charge in [-0.05, 0) is 36.4 Å². The van der Waals surface area contributed by atoms with Crippen LogP contribution in [0.25, 0.3) is 0 Å². The van der Waals surface area contributed by atoms with Crippen LogP contribution in [0, 0.1) is 6.92 Å². The van der Waals surface area contributed by atoms with Gasteiger partial charge in [0.15, 0.2) is 5.16 Å². The molecule has 0 saturated heterocycles. The minimum absolute atomic E-state index is 0.769. The number of nitrogen functional groups attached to an aromatic ring is 1. The number of rotatable bonds is 2. The monoisotopic (exact) mass is 220 g/mol. The summed E-state index contributed by atoms with van der Waals surface area (Å²) in [4.78, 5) is 5.27. The lowest BCUT2D eigenvalue weighted by Gasteiger charge is -2.05. The highest BCUT2D eigenvalue weighted by Gasteiger charge is 2.06. The molecule has 1 aromatic heterocycles. The minimum Gasteiger partial charge on any atom is -0.399 e. The first kappa shape index (κ1) is 10.0. The molecule has 15 heavy (non-hydrogen) atoms. The second kappa shape index (κ2) is 3.94. The van der Waals surface area contributed by atoms with E-state index in [2.05, 4.69) is 17.0 Å². The average Bonchev–Trinajstić information content (AvgIpc) is 2.58. The highest BCUT2D eigenvalue weighted by molar-refractivity contribution is 7.99. The lowest BCUT2D eigenvalue weighted by molar-refractivity contribution is 0.685. The molecule has 0 saturated carbocycles. The Labute approximate surface area is 92.5 Å². The second-order valence-electron chi connectivity index (χ2n) is 3.29. The van der Waals surface area contributed by atoms with Gasteiger partial charge in [-0.2, -0.15) is 5.10 Å². The van der Waals surface area contributed by atoms with Crippen molar-refractivity contribution in [2.24, 2.45) is 7.05 Å². The van der Waals surface area contributed by atoms with E-state index in [4.69, 9.17) is 5.73 Å². The largest absolute Gasteiger partial charge is 0.399 e. The Morgan fingerprint density at radius 3 is 2.87 bits per heavy atom. The maximum absolute atomic E-state index is 5.74. The third kappa shape index (κ3) is 2.12. The van der Waals surface area contributed by atoms with E-state index < -0.39 is 0 Å². The topological polar surface area (TPSA) is 56.7 Å². The molecule has 0 radical (unpaired) electrons. The van der Waals surface area contributed by atoms with E-state index in [9.17, 15) is 0 Å². The molecule has 78 valence electrons. The second-order valence-corrected chi connectivity index (χ2v) is 4.30. The van der Waals surface area contributed by atoms with E-state index in [1.807, 2.05) is 25.2 Å². The van der Waals surface area contributed by atoms with Crippen molar-refractivity contribution < 1.29 is 0 Å². The predicted molar refractivity (Wildman–Crippen MR) is 60.7 cm³/mol. The zero-order chi connectivity index (χ0) is 10.8. The highest BCUT2D eigenvalue weighted by atomic mass is 32.2. The lowest BCUT2D eigenvalue weighted by atomic mass is 10.2. The maximum atomic E-state index is 5.74. The van der Waals surface area contributed by atoms with Gasteiger partial charge in [-0.25, -0.2) is 9.67 Å². The summed E-state index contributed by atoms with van der Waals surface area (Å²) < 4.78 is 1.74. The fourth-order valence-corrected chi connectivity index (χ4v) is 2.10. The van der Waals surface area contributed by atoms with Gasteiger partial charge in [-0.15, -0.1) is 0 Å². The number of aryl methyl sites for hydroxylation is 2. The number of hydrogen-bond acceptors (Lipinski definition) is 4. The Bertz CT molecular complexity index is 478. The Morgan fingerprint density at radius 2 is 2.20 bits per heavy atom. The Kier molecular flexibility index (Phi) is 2.64. The molecule has 0 amide bonds. The molecule has 2 N–H and O–H groups in total. The van der Waals surface area contributed by atoms with Gasteiger partial charge >= 0.3 is 0 Å². The Balaban J connectivity index is 2.32. The van der Waals surface area contributed by atoms with Gasteiger partial charge in [0.05, 0.1) is 0 Å². The summed E-state index contributed by atoms with van der Waals surface area (Å²) >= 11 is 1.57. The standard InChI is InChI=1S/C10H12N4S/c1-7-3-4-8(11)5-9(7)15-10-12-6-13-14(10)2/h3-6H,11H2,1-2H3. The van der Waals surface area contributed by atoms with Crippen molar-refractivity contribution in [2.75, 3.05) is 5.73 Å². The fraction of sp³-hybridized carbons (Fsp3) is 0.200. The zero-order valence-electron chi connectivity index (χ0n) is 8.64. The molecule has 0 aliphatic carbocycles. The maximum Gasteiger partial charge on any atom is 0.190 e. The summed E-state index contributed by atoms with van der Waals surface area (Å²) in [6, 6.07) is 5.86. The van der Waals surface area contributed by atoms with Crippen molar-refractivity contribution in [2.45, 2.75) is 17.0 Å². The van der Waals surface area contributed by atoms with Crippen molar-refractivity contribution in [3.8, 4) is 0 Å². The van der Waals surface area contributed by atoms with Crippen LogP contribution in [-0.2, 0) is 7.05 Å². The molecule has 1 aromatic carbocycles. The van der Waals surface area contributed by atoms with Crippen LogP contribution in [0.4, 0.5) is 5.69 Å². The number of aromatic nitrogens is 3. The van der Waals surface area contributed by atoms with Crippen LogP contribution >= 0.6 is 11.8 Å². The number of anilines is 1. The zero-order valence-corrected chi connectivity index (χ0v) is 9.45. The molecule has 0 bridgehead atoms. The summed E-state index contributed by atoms with van der Waals surface area (Å²) in [6.45, 7) is 2.05.